The molecule has 1 aromatic heterocycles. The van der Waals surface area contributed by atoms with Gasteiger partial charge < -0.3 is 14.9 Å². The monoisotopic (exact) mass is 304 g/mol. The van der Waals surface area contributed by atoms with Gasteiger partial charge in [-0.1, -0.05) is 0 Å². The summed E-state index contributed by atoms with van der Waals surface area (Å²) in [6, 6.07) is 4.94. The lowest BCUT2D eigenvalue weighted by Gasteiger charge is -2.41. The molecule has 2 aliphatic rings. The number of anilines is 1. The maximum atomic E-state index is 9.75. The van der Waals surface area contributed by atoms with Gasteiger partial charge in [0.05, 0.1) is 24.0 Å². The van der Waals surface area contributed by atoms with Crippen molar-refractivity contribution in [1.82, 2.24) is 14.8 Å². The number of piperidine rings is 1. The molecule has 0 bridgehead atoms. The van der Waals surface area contributed by atoms with Crippen LogP contribution in [0, 0.1) is 0 Å². The zero-order valence-electron chi connectivity index (χ0n) is 13.8. The first-order chi connectivity index (χ1) is 10.7. The Balaban J connectivity index is 1.82. The molecule has 1 N–H and O–H groups in total. The van der Waals surface area contributed by atoms with Crippen LogP contribution in [-0.4, -0.2) is 72.3 Å². The van der Waals surface area contributed by atoms with Gasteiger partial charge in [-0.2, -0.15) is 0 Å². The molecule has 2 aliphatic heterocycles. The van der Waals surface area contributed by atoms with E-state index in [0.29, 0.717) is 6.04 Å². The molecular formula is C17H28N4O. The Morgan fingerprint density at radius 1 is 1.18 bits per heavy atom. The number of likely N-dealkylation sites (N-methyl/N-ethyl adjacent to an activating group) is 1. The Kier molecular flexibility index (Phi) is 4.96. The first-order valence-electron chi connectivity index (χ1n) is 8.39. The zero-order chi connectivity index (χ0) is 15.5. The number of nitrogens with zero attached hydrogens (tertiary/aromatic N) is 4. The van der Waals surface area contributed by atoms with Crippen molar-refractivity contribution in [3.63, 3.8) is 0 Å². The highest BCUT2D eigenvalue weighted by Crippen LogP contribution is 2.27. The van der Waals surface area contributed by atoms with Gasteiger partial charge in [-0.15, -0.1) is 0 Å². The second-order valence-corrected chi connectivity index (χ2v) is 6.71. The highest BCUT2D eigenvalue weighted by atomic mass is 16.3. The molecule has 3 heterocycles. The van der Waals surface area contributed by atoms with Crippen LogP contribution in [0.15, 0.2) is 18.3 Å². The predicted octanol–water partition coefficient (Wildman–Crippen LogP) is 1.18. The van der Waals surface area contributed by atoms with Crippen molar-refractivity contribution in [3.8, 4) is 0 Å². The van der Waals surface area contributed by atoms with E-state index in [4.69, 9.17) is 0 Å². The molecule has 22 heavy (non-hydrogen) atoms. The van der Waals surface area contributed by atoms with Crippen molar-refractivity contribution < 1.29 is 5.11 Å². The fraction of sp³-hybridized carbons (Fsp3) is 0.706. The number of aliphatic hydroxyl groups is 1. The standard InChI is InChI=1S/C17H28N4O/c1-19-9-5-14(6-10-19)21-11-7-15(13-22)20(2)17-4-3-8-18-16(17)12-21/h3-4,8,14-15,22H,5-7,9-13H2,1-2H3. The van der Waals surface area contributed by atoms with Gasteiger partial charge in [0.1, 0.15) is 0 Å². The van der Waals surface area contributed by atoms with E-state index in [-0.39, 0.29) is 12.6 Å². The third kappa shape index (κ3) is 3.26. The summed E-state index contributed by atoms with van der Waals surface area (Å²) in [6.07, 6.45) is 5.36. The lowest BCUT2D eigenvalue weighted by Crippen LogP contribution is -2.47. The Bertz CT molecular complexity index is 487. The van der Waals surface area contributed by atoms with Gasteiger partial charge >= 0.3 is 0 Å². The molecule has 1 unspecified atom stereocenters. The van der Waals surface area contributed by atoms with Crippen molar-refractivity contribution in [2.45, 2.75) is 37.9 Å². The van der Waals surface area contributed by atoms with Crippen molar-refractivity contribution in [3.05, 3.63) is 24.0 Å². The maximum Gasteiger partial charge on any atom is 0.0776 e. The van der Waals surface area contributed by atoms with E-state index in [9.17, 15) is 5.11 Å². The minimum Gasteiger partial charge on any atom is -0.394 e. The van der Waals surface area contributed by atoms with E-state index in [1.54, 1.807) is 0 Å². The quantitative estimate of drug-likeness (QED) is 0.889. The summed E-state index contributed by atoms with van der Waals surface area (Å²) in [6.45, 7) is 4.53. The fourth-order valence-corrected chi connectivity index (χ4v) is 3.73. The molecule has 3 rings (SSSR count). The molecule has 1 saturated heterocycles. The second kappa shape index (κ2) is 6.94. The van der Waals surface area contributed by atoms with Crippen LogP contribution in [0.1, 0.15) is 25.0 Å². The number of fused-ring (bicyclic) bond motifs is 1. The third-order valence-corrected chi connectivity index (χ3v) is 5.31. The molecule has 1 atom stereocenters. The maximum absolute atomic E-state index is 9.75. The van der Waals surface area contributed by atoms with Gasteiger partial charge in [0, 0.05) is 32.4 Å². The van der Waals surface area contributed by atoms with Gasteiger partial charge in [-0.05, 0) is 51.5 Å². The largest absolute Gasteiger partial charge is 0.394 e. The second-order valence-electron chi connectivity index (χ2n) is 6.71. The van der Waals surface area contributed by atoms with Gasteiger partial charge in [-0.3, -0.25) is 9.88 Å². The average Bonchev–Trinajstić information content (AvgIpc) is 2.54. The molecule has 122 valence electrons. The molecule has 0 radical (unpaired) electrons. The molecular weight excluding hydrogens is 276 g/mol. The molecule has 1 fully saturated rings. The molecule has 0 saturated carbocycles. The summed E-state index contributed by atoms with van der Waals surface area (Å²) in [4.78, 5) is 11.8. The van der Waals surface area contributed by atoms with Crippen LogP contribution >= 0.6 is 0 Å². The van der Waals surface area contributed by atoms with Crippen LogP contribution in [0.3, 0.4) is 0 Å². The Hall–Kier alpha value is -1.17. The zero-order valence-corrected chi connectivity index (χ0v) is 13.8. The molecule has 0 aromatic carbocycles. The smallest absolute Gasteiger partial charge is 0.0776 e. The van der Waals surface area contributed by atoms with Crippen LogP contribution in [-0.2, 0) is 6.54 Å². The summed E-state index contributed by atoms with van der Waals surface area (Å²) in [5.74, 6) is 0. The van der Waals surface area contributed by atoms with Crippen LogP contribution < -0.4 is 4.90 Å². The molecule has 5 heteroatoms. The summed E-state index contributed by atoms with van der Waals surface area (Å²) in [5, 5.41) is 9.75. The molecule has 1 aromatic rings. The number of pyridine rings is 1. The van der Waals surface area contributed by atoms with E-state index in [2.05, 4.69) is 39.8 Å². The first kappa shape index (κ1) is 15.7. The van der Waals surface area contributed by atoms with Crippen molar-refractivity contribution in [1.29, 1.82) is 0 Å². The van der Waals surface area contributed by atoms with Gasteiger partial charge in [0.2, 0.25) is 0 Å². The number of aromatic nitrogens is 1. The predicted molar refractivity (Wildman–Crippen MR) is 89.1 cm³/mol. The molecule has 0 amide bonds. The number of hydrogen-bond donors (Lipinski definition) is 1. The SMILES string of the molecule is CN1CCC(N2CCC(CO)N(C)c3cccnc3C2)CC1. The van der Waals surface area contributed by atoms with Gasteiger partial charge in [-0.25, -0.2) is 0 Å². The van der Waals surface area contributed by atoms with E-state index in [0.717, 1.165) is 25.2 Å². The van der Waals surface area contributed by atoms with Crippen LogP contribution in [0.25, 0.3) is 0 Å². The van der Waals surface area contributed by atoms with Crippen LogP contribution in [0.2, 0.25) is 0 Å². The van der Waals surface area contributed by atoms with E-state index in [1.165, 1.54) is 31.6 Å². The Morgan fingerprint density at radius 2 is 1.95 bits per heavy atom. The summed E-state index contributed by atoms with van der Waals surface area (Å²) in [5.41, 5.74) is 2.31. The number of likely N-dealkylation sites (tertiary alicyclic amines) is 1. The Labute approximate surface area is 133 Å². The number of rotatable bonds is 2. The summed E-state index contributed by atoms with van der Waals surface area (Å²) < 4.78 is 0. The number of hydrogen-bond acceptors (Lipinski definition) is 5. The molecule has 0 aliphatic carbocycles. The van der Waals surface area contributed by atoms with Crippen LogP contribution in [0.5, 0.6) is 0 Å². The lowest BCUT2D eigenvalue weighted by molar-refractivity contribution is 0.104. The van der Waals surface area contributed by atoms with E-state index in [1.807, 2.05) is 12.3 Å². The normalized spacial score (nSPS) is 25.6. The first-order valence-corrected chi connectivity index (χ1v) is 8.39. The van der Waals surface area contributed by atoms with Crippen molar-refractivity contribution in [2.24, 2.45) is 0 Å². The number of aliphatic hydroxyl groups excluding tert-OH is 1. The van der Waals surface area contributed by atoms with Crippen molar-refractivity contribution in [2.75, 3.05) is 45.2 Å². The highest BCUT2D eigenvalue weighted by Gasteiger charge is 2.28. The molecule has 0 spiro atoms. The minimum atomic E-state index is 0.178. The van der Waals surface area contributed by atoms with Crippen molar-refractivity contribution >= 4 is 5.69 Å². The van der Waals surface area contributed by atoms with E-state index >= 15 is 0 Å². The summed E-state index contributed by atoms with van der Waals surface area (Å²) >= 11 is 0. The third-order valence-electron chi connectivity index (χ3n) is 5.31. The minimum absolute atomic E-state index is 0.178. The topological polar surface area (TPSA) is 42.8 Å². The highest BCUT2D eigenvalue weighted by molar-refractivity contribution is 5.51. The Morgan fingerprint density at radius 3 is 2.68 bits per heavy atom. The van der Waals surface area contributed by atoms with Gasteiger partial charge in [0.25, 0.3) is 0 Å². The van der Waals surface area contributed by atoms with Gasteiger partial charge in [0.15, 0.2) is 0 Å². The average molecular weight is 304 g/mol. The molecule has 5 nitrogen and oxygen atoms in total. The lowest BCUT2D eigenvalue weighted by atomic mass is 10.0. The van der Waals surface area contributed by atoms with E-state index < -0.39 is 0 Å². The van der Waals surface area contributed by atoms with Crippen LogP contribution in [0.4, 0.5) is 5.69 Å². The summed E-state index contributed by atoms with van der Waals surface area (Å²) in [7, 11) is 4.28. The fourth-order valence-electron chi connectivity index (χ4n) is 3.73.